The third kappa shape index (κ3) is 5.61. The third-order valence-electron chi connectivity index (χ3n) is 3.20. The lowest BCUT2D eigenvalue weighted by Gasteiger charge is -2.31. The van der Waals surface area contributed by atoms with E-state index in [1.54, 1.807) is 13.0 Å². The van der Waals surface area contributed by atoms with E-state index in [0.717, 1.165) is 6.42 Å². The Balaban J connectivity index is 4.20. The second kappa shape index (κ2) is 7.79. The summed E-state index contributed by atoms with van der Waals surface area (Å²) in [6.45, 7) is 10.4. The quantitative estimate of drug-likeness (QED) is 0.476. The van der Waals surface area contributed by atoms with Crippen LogP contribution in [0.3, 0.4) is 0 Å². The van der Waals surface area contributed by atoms with Crippen LogP contribution in [-0.2, 0) is 9.22 Å². The molecule has 0 aliphatic carbocycles. The predicted molar refractivity (Wildman–Crippen MR) is 72.2 cm³/mol. The molecule has 0 fully saturated rings. The summed E-state index contributed by atoms with van der Waals surface area (Å²) in [5, 5.41) is 0. The maximum absolute atomic E-state index is 10.8. The lowest BCUT2D eigenvalue weighted by Crippen LogP contribution is -2.38. The van der Waals surface area contributed by atoms with Crippen LogP contribution in [0.2, 0.25) is 18.1 Å². The van der Waals surface area contributed by atoms with Gasteiger partial charge in [-0.2, -0.15) is 0 Å². The molecule has 0 aliphatic rings. The number of carbonyl (C=O) groups is 1. The topological polar surface area (TPSA) is 26.3 Å². The Bertz CT molecular complexity index is 224. The molecule has 0 aromatic rings. The van der Waals surface area contributed by atoms with Crippen molar-refractivity contribution in [3.8, 4) is 0 Å². The molecule has 2 nitrogen and oxygen atoms in total. The highest BCUT2D eigenvalue weighted by molar-refractivity contribution is 6.73. The molecule has 0 spiro atoms. The van der Waals surface area contributed by atoms with Crippen molar-refractivity contribution in [3.63, 3.8) is 0 Å². The van der Waals surface area contributed by atoms with Gasteiger partial charge in [0.1, 0.15) is 0 Å². The molecule has 0 radical (unpaired) electrons. The average molecular weight is 242 g/mol. The summed E-state index contributed by atoms with van der Waals surface area (Å²) < 4.78 is 6.24. The summed E-state index contributed by atoms with van der Waals surface area (Å²) in [6, 6.07) is 3.54. The number of carbonyl (C=O) groups excluding carboxylic acids is 1. The molecule has 94 valence electrons. The van der Waals surface area contributed by atoms with Gasteiger partial charge in [-0.15, -0.1) is 0 Å². The fourth-order valence-electron chi connectivity index (χ4n) is 1.90. The number of hydrogen-bond acceptors (Lipinski definition) is 2. The van der Waals surface area contributed by atoms with Gasteiger partial charge in [-0.25, -0.2) is 0 Å². The van der Waals surface area contributed by atoms with Gasteiger partial charge >= 0.3 is 0 Å². The minimum Gasteiger partial charge on any atom is -0.414 e. The first-order valence-corrected chi connectivity index (χ1v) is 8.87. The van der Waals surface area contributed by atoms with Crippen molar-refractivity contribution >= 4 is 14.1 Å². The van der Waals surface area contributed by atoms with Gasteiger partial charge in [0.05, 0.1) is 0 Å². The van der Waals surface area contributed by atoms with Crippen molar-refractivity contribution in [3.05, 3.63) is 12.2 Å². The van der Waals surface area contributed by atoms with Gasteiger partial charge in [0.2, 0.25) is 0 Å². The molecule has 0 amide bonds. The van der Waals surface area contributed by atoms with Crippen LogP contribution in [0.4, 0.5) is 0 Å². The monoisotopic (exact) mass is 242 g/mol. The van der Waals surface area contributed by atoms with E-state index in [1.807, 2.05) is 6.08 Å². The highest BCUT2D eigenvalue weighted by Gasteiger charge is 2.30. The molecule has 0 saturated carbocycles. The van der Waals surface area contributed by atoms with Crippen molar-refractivity contribution in [1.82, 2.24) is 0 Å². The van der Waals surface area contributed by atoms with Crippen LogP contribution in [0.5, 0.6) is 0 Å². The smallest absolute Gasteiger partial charge is 0.192 e. The van der Waals surface area contributed by atoms with Crippen LogP contribution in [0, 0.1) is 0 Å². The molecule has 1 unspecified atom stereocenters. The second-order valence-corrected chi connectivity index (χ2v) is 9.14. The van der Waals surface area contributed by atoms with E-state index in [0.29, 0.717) is 0 Å². The summed E-state index contributed by atoms with van der Waals surface area (Å²) in [6.07, 6.45) is 4.64. The largest absolute Gasteiger partial charge is 0.414 e. The van der Waals surface area contributed by atoms with E-state index < -0.39 is 8.32 Å². The van der Waals surface area contributed by atoms with Crippen molar-refractivity contribution in [1.29, 1.82) is 0 Å². The fraction of sp³-hybridized carbons (Fsp3) is 0.769. The first kappa shape index (κ1) is 15.6. The summed E-state index contributed by atoms with van der Waals surface area (Å²) >= 11 is 0. The van der Waals surface area contributed by atoms with Gasteiger partial charge in [-0.1, -0.05) is 26.8 Å². The first-order chi connectivity index (χ1) is 7.49. The molecule has 0 bridgehead atoms. The predicted octanol–water partition coefficient (Wildman–Crippen LogP) is 3.93. The fourth-order valence-corrected chi connectivity index (χ4v) is 4.85. The lowest BCUT2D eigenvalue weighted by molar-refractivity contribution is -0.112. The Hall–Kier alpha value is -0.413. The van der Waals surface area contributed by atoms with Crippen molar-refractivity contribution < 1.29 is 9.22 Å². The maximum Gasteiger partial charge on any atom is 0.192 e. The minimum atomic E-state index is -1.48. The molecule has 0 aliphatic heterocycles. The van der Waals surface area contributed by atoms with Gasteiger partial charge in [-0.3, -0.25) is 4.79 Å². The summed E-state index contributed by atoms with van der Waals surface area (Å²) in [5.41, 5.74) is 0. The molecule has 1 atom stereocenters. The zero-order valence-electron chi connectivity index (χ0n) is 11.4. The summed E-state index contributed by atoms with van der Waals surface area (Å²) in [7, 11) is -1.48. The van der Waals surface area contributed by atoms with Crippen LogP contribution < -0.4 is 0 Å². The Morgan fingerprint density at radius 2 is 1.75 bits per heavy atom. The number of rotatable bonds is 8. The molecule has 0 N–H and O–H groups in total. The molecular formula is C13H26O2Si. The normalized spacial score (nSPS) is 14.3. The van der Waals surface area contributed by atoms with Crippen LogP contribution >= 0.6 is 0 Å². The molecule has 0 aromatic carbocycles. The van der Waals surface area contributed by atoms with E-state index in [4.69, 9.17) is 4.43 Å². The highest BCUT2D eigenvalue weighted by atomic mass is 28.4. The molecule has 0 heterocycles. The van der Waals surface area contributed by atoms with Crippen LogP contribution in [-0.4, -0.2) is 20.2 Å². The van der Waals surface area contributed by atoms with E-state index in [9.17, 15) is 4.79 Å². The van der Waals surface area contributed by atoms with Gasteiger partial charge in [0.25, 0.3) is 0 Å². The van der Waals surface area contributed by atoms with E-state index in [-0.39, 0.29) is 11.9 Å². The molecule has 0 rings (SSSR count). The van der Waals surface area contributed by atoms with Crippen molar-refractivity contribution in [2.75, 3.05) is 0 Å². The zero-order chi connectivity index (χ0) is 12.6. The molecular weight excluding hydrogens is 216 g/mol. The Kier molecular flexibility index (Phi) is 7.59. The number of ketones is 1. The Morgan fingerprint density at radius 1 is 1.25 bits per heavy atom. The van der Waals surface area contributed by atoms with Gasteiger partial charge in [0.15, 0.2) is 14.1 Å². The first-order valence-electron chi connectivity index (χ1n) is 6.34. The Labute approximate surface area is 101 Å². The Morgan fingerprint density at radius 3 is 2.12 bits per heavy atom. The van der Waals surface area contributed by atoms with Crippen LogP contribution in [0.1, 0.15) is 41.0 Å². The summed E-state index contributed by atoms with van der Waals surface area (Å²) in [4.78, 5) is 10.8. The lowest BCUT2D eigenvalue weighted by atomic mass is 10.2. The summed E-state index contributed by atoms with van der Waals surface area (Å²) in [5.74, 6) is 0.109. The van der Waals surface area contributed by atoms with Gasteiger partial charge in [-0.05, 0) is 44.5 Å². The molecule has 0 aromatic heterocycles. The van der Waals surface area contributed by atoms with E-state index in [1.165, 1.54) is 18.1 Å². The molecule has 0 saturated heterocycles. The standard InChI is InChI=1S/C13H26O2Si/c1-6-16(7-2,8-3)15-13(5)11-9-10-12(4)14/h9-10,13H,6-8,11H2,1-5H3. The van der Waals surface area contributed by atoms with Crippen molar-refractivity contribution in [2.45, 2.75) is 65.3 Å². The number of hydrogen-bond donors (Lipinski definition) is 0. The SMILES string of the molecule is CC[Si](CC)(CC)OC(C)CC=CC(C)=O. The minimum absolute atomic E-state index is 0.109. The highest BCUT2D eigenvalue weighted by Crippen LogP contribution is 2.24. The van der Waals surface area contributed by atoms with Gasteiger partial charge in [0, 0.05) is 6.10 Å². The van der Waals surface area contributed by atoms with Crippen molar-refractivity contribution in [2.24, 2.45) is 0 Å². The second-order valence-electron chi connectivity index (χ2n) is 4.42. The molecule has 3 heteroatoms. The van der Waals surface area contributed by atoms with Crippen LogP contribution in [0.15, 0.2) is 12.2 Å². The van der Waals surface area contributed by atoms with E-state index >= 15 is 0 Å². The van der Waals surface area contributed by atoms with E-state index in [2.05, 4.69) is 27.7 Å². The average Bonchev–Trinajstić information content (AvgIpc) is 2.25. The maximum atomic E-state index is 10.8. The number of allylic oxidation sites excluding steroid dienone is 1. The molecule has 16 heavy (non-hydrogen) atoms. The third-order valence-corrected chi connectivity index (χ3v) is 7.97. The van der Waals surface area contributed by atoms with Gasteiger partial charge < -0.3 is 4.43 Å². The van der Waals surface area contributed by atoms with Crippen LogP contribution in [0.25, 0.3) is 0 Å². The zero-order valence-corrected chi connectivity index (χ0v) is 12.4.